The third kappa shape index (κ3) is 3.58. The first-order chi connectivity index (χ1) is 9.10. The molecule has 1 aromatic rings. The summed E-state index contributed by atoms with van der Waals surface area (Å²) in [7, 11) is 1.63. The maximum atomic E-state index is 12.9. The Hall–Kier alpha value is -1.33. The van der Waals surface area contributed by atoms with Gasteiger partial charge in [-0.25, -0.2) is 4.39 Å². The van der Waals surface area contributed by atoms with E-state index in [1.165, 1.54) is 18.2 Å². The van der Waals surface area contributed by atoms with E-state index in [1.54, 1.807) is 12.0 Å². The van der Waals surface area contributed by atoms with Crippen molar-refractivity contribution in [1.82, 2.24) is 4.90 Å². The van der Waals surface area contributed by atoms with Crippen LogP contribution >= 0.6 is 11.6 Å². The van der Waals surface area contributed by atoms with Gasteiger partial charge in [-0.1, -0.05) is 11.6 Å². The normalized spacial score (nSPS) is 18.7. The number of carbonyl (C=O) groups excluding carboxylic acids is 1. The van der Waals surface area contributed by atoms with E-state index in [1.807, 2.05) is 0 Å². The van der Waals surface area contributed by atoms with Crippen molar-refractivity contribution in [3.05, 3.63) is 29.0 Å². The number of rotatable bonds is 4. The lowest BCUT2D eigenvalue weighted by Gasteiger charge is -2.16. The predicted octanol–water partition coefficient (Wildman–Crippen LogP) is 2.11. The summed E-state index contributed by atoms with van der Waals surface area (Å²) in [5.74, 6) is -0.245. The Morgan fingerprint density at radius 2 is 2.37 bits per heavy atom. The van der Waals surface area contributed by atoms with Crippen molar-refractivity contribution in [2.24, 2.45) is 0 Å². The largest absolute Gasteiger partial charge is 0.484 e. The lowest BCUT2D eigenvalue weighted by molar-refractivity contribution is -0.132. The maximum absolute atomic E-state index is 12.9. The number of amides is 1. The summed E-state index contributed by atoms with van der Waals surface area (Å²) < 4.78 is 23.4. The van der Waals surface area contributed by atoms with E-state index in [9.17, 15) is 9.18 Å². The van der Waals surface area contributed by atoms with Crippen molar-refractivity contribution in [3.63, 3.8) is 0 Å². The highest BCUT2D eigenvalue weighted by molar-refractivity contribution is 6.30. The summed E-state index contributed by atoms with van der Waals surface area (Å²) in [6.45, 7) is 1.17. The summed E-state index contributed by atoms with van der Waals surface area (Å²) in [5.41, 5.74) is 0. The summed E-state index contributed by atoms with van der Waals surface area (Å²) >= 11 is 5.63. The zero-order chi connectivity index (χ0) is 13.8. The van der Waals surface area contributed by atoms with Crippen molar-refractivity contribution >= 4 is 17.5 Å². The number of methoxy groups -OCH3 is 1. The summed E-state index contributed by atoms with van der Waals surface area (Å²) in [6, 6.07) is 4.00. The van der Waals surface area contributed by atoms with Gasteiger partial charge >= 0.3 is 0 Å². The molecule has 2 rings (SSSR count). The van der Waals surface area contributed by atoms with Gasteiger partial charge in [0.2, 0.25) is 0 Å². The first kappa shape index (κ1) is 14.1. The van der Waals surface area contributed by atoms with Crippen LogP contribution in [0.2, 0.25) is 5.02 Å². The second kappa shape index (κ2) is 6.21. The molecule has 0 aromatic heterocycles. The van der Waals surface area contributed by atoms with Crippen LogP contribution < -0.4 is 4.74 Å². The molecule has 104 valence electrons. The molecule has 0 spiro atoms. The van der Waals surface area contributed by atoms with Crippen molar-refractivity contribution in [1.29, 1.82) is 0 Å². The topological polar surface area (TPSA) is 38.8 Å². The number of halogens is 2. The quantitative estimate of drug-likeness (QED) is 0.851. The molecule has 1 fully saturated rings. The number of benzene rings is 1. The van der Waals surface area contributed by atoms with E-state index >= 15 is 0 Å². The number of likely N-dealkylation sites (tertiary alicyclic amines) is 1. The Morgan fingerprint density at radius 1 is 1.58 bits per heavy atom. The van der Waals surface area contributed by atoms with Crippen LogP contribution in [-0.4, -0.2) is 43.7 Å². The Balaban J connectivity index is 1.85. The van der Waals surface area contributed by atoms with Crippen molar-refractivity contribution in [3.8, 4) is 5.75 Å². The number of hydrogen-bond donors (Lipinski definition) is 0. The molecular formula is C13H15ClFNO3. The average Bonchev–Trinajstić information content (AvgIpc) is 2.88. The molecule has 0 saturated carbocycles. The molecule has 1 atom stereocenters. The number of nitrogens with zero attached hydrogens (tertiary/aromatic N) is 1. The van der Waals surface area contributed by atoms with E-state index in [0.29, 0.717) is 18.8 Å². The minimum absolute atomic E-state index is 0.0226. The van der Waals surface area contributed by atoms with Gasteiger partial charge in [0, 0.05) is 26.3 Å². The average molecular weight is 288 g/mol. The second-order valence-electron chi connectivity index (χ2n) is 4.35. The van der Waals surface area contributed by atoms with Crippen LogP contribution in [0.25, 0.3) is 0 Å². The highest BCUT2D eigenvalue weighted by atomic mass is 35.5. The zero-order valence-corrected chi connectivity index (χ0v) is 11.3. The van der Waals surface area contributed by atoms with Crippen LogP contribution in [0, 0.1) is 5.82 Å². The molecule has 1 saturated heterocycles. The first-order valence-corrected chi connectivity index (χ1v) is 6.36. The SMILES string of the molecule is CO[C@H]1CCN(C(=O)COc2ccc(F)c(Cl)c2)C1. The van der Waals surface area contributed by atoms with Crippen molar-refractivity contribution in [2.75, 3.05) is 26.8 Å². The smallest absolute Gasteiger partial charge is 0.260 e. The molecule has 6 heteroatoms. The minimum atomic E-state index is -0.511. The van der Waals surface area contributed by atoms with Gasteiger partial charge in [0.05, 0.1) is 11.1 Å². The second-order valence-corrected chi connectivity index (χ2v) is 4.76. The Kier molecular flexibility index (Phi) is 4.61. The predicted molar refractivity (Wildman–Crippen MR) is 68.9 cm³/mol. The molecule has 4 nitrogen and oxygen atoms in total. The van der Waals surface area contributed by atoms with E-state index in [0.717, 1.165) is 6.42 Å². The first-order valence-electron chi connectivity index (χ1n) is 5.98. The zero-order valence-electron chi connectivity index (χ0n) is 10.6. The number of carbonyl (C=O) groups is 1. The highest BCUT2D eigenvalue weighted by Gasteiger charge is 2.26. The minimum Gasteiger partial charge on any atom is -0.484 e. The fraction of sp³-hybridized carbons (Fsp3) is 0.462. The Bertz CT molecular complexity index is 469. The molecule has 0 radical (unpaired) electrons. The Labute approximate surface area is 116 Å². The summed E-state index contributed by atoms with van der Waals surface area (Å²) in [4.78, 5) is 13.6. The van der Waals surface area contributed by atoms with E-state index in [-0.39, 0.29) is 23.6 Å². The highest BCUT2D eigenvalue weighted by Crippen LogP contribution is 2.21. The van der Waals surface area contributed by atoms with E-state index in [4.69, 9.17) is 21.1 Å². The number of ether oxygens (including phenoxy) is 2. The van der Waals surface area contributed by atoms with Crippen LogP contribution in [0.4, 0.5) is 4.39 Å². The number of hydrogen-bond acceptors (Lipinski definition) is 3. The molecule has 19 heavy (non-hydrogen) atoms. The van der Waals surface area contributed by atoms with Gasteiger partial charge in [-0.2, -0.15) is 0 Å². The van der Waals surface area contributed by atoms with Gasteiger partial charge < -0.3 is 14.4 Å². The van der Waals surface area contributed by atoms with Gasteiger partial charge in [-0.3, -0.25) is 4.79 Å². The molecule has 1 aliphatic rings. The van der Waals surface area contributed by atoms with Crippen molar-refractivity contribution < 1.29 is 18.7 Å². The maximum Gasteiger partial charge on any atom is 0.260 e. The van der Waals surface area contributed by atoms with Gasteiger partial charge in [0.15, 0.2) is 6.61 Å². The fourth-order valence-corrected chi connectivity index (χ4v) is 2.12. The third-order valence-corrected chi connectivity index (χ3v) is 3.37. The van der Waals surface area contributed by atoms with Crippen LogP contribution in [0.5, 0.6) is 5.75 Å². The molecule has 1 amide bonds. The van der Waals surface area contributed by atoms with Crippen molar-refractivity contribution in [2.45, 2.75) is 12.5 Å². The van der Waals surface area contributed by atoms with E-state index in [2.05, 4.69) is 0 Å². The molecule has 0 N–H and O–H groups in total. The van der Waals surface area contributed by atoms with Gasteiger partial charge in [-0.15, -0.1) is 0 Å². The monoisotopic (exact) mass is 287 g/mol. The van der Waals surface area contributed by atoms with Gasteiger partial charge in [0.1, 0.15) is 11.6 Å². The third-order valence-electron chi connectivity index (χ3n) is 3.08. The lowest BCUT2D eigenvalue weighted by Crippen LogP contribution is -2.33. The van der Waals surface area contributed by atoms with Crippen LogP contribution in [0.3, 0.4) is 0 Å². The summed E-state index contributed by atoms with van der Waals surface area (Å²) in [6.07, 6.45) is 0.939. The summed E-state index contributed by atoms with van der Waals surface area (Å²) in [5, 5.41) is -0.0226. The van der Waals surface area contributed by atoms with Gasteiger partial charge in [0.25, 0.3) is 5.91 Å². The van der Waals surface area contributed by atoms with Crippen LogP contribution in [0.15, 0.2) is 18.2 Å². The molecular weight excluding hydrogens is 273 g/mol. The fourth-order valence-electron chi connectivity index (χ4n) is 1.95. The molecule has 1 heterocycles. The van der Waals surface area contributed by atoms with Crippen LogP contribution in [-0.2, 0) is 9.53 Å². The standard InChI is InChI=1S/C13H15ClFNO3/c1-18-10-4-5-16(7-10)13(17)8-19-9-2-3-12(15)11(14)6-9/h2-3,6,10H,4-5,7-8H2,1H3/t10-/m0/s1. The van der Waals surface area contributed by atoms with Gasteiger partial charge in [-0.05, 0) is 18.6 Å². The molecule has 0 bridgehead atoms. The Morgan fingerprint density at radius 3 is 3.00 bits per heavy atom. The van der Waals surface area contributed by atoms with E-state index < -0.39 is 5.82 Å². The van der Waals surface area contributed by atoms with Crippen LogP contribution in [0.1, 0.15) is 6.42 Å². The molecule has 1 aromatic carbocycles. The molecule has 0 unspecified atom stereocenters. The molecule has 0 aliphatic carbocycles. The molecule has 1 aliphatic heterocycles. The lowest BCUT2D eigenvalue weighted by atomic mass is 10.3.